The van der Waals surface area contributed by atoms with E-state index in [2.05, 4.69) is 34.8 Å². The van der Waals surface area contributed by atoms with Gasteiger partial charge in [0.15, 0.2) is 0 Å². The Bertz CT molecular complexity index is 780. The number of likely N-dealkylation sites (N-methyl/N-ethyl adjacent to an activating group) is 1. The maximum Gasteiger partial charge on any atom is 0.241 e. The first-order chi connectivity index (χ1) is 16.0. The van der Waals surface area contributed by atoms with Gasteiger partial charge in [-0.15, -0.1) is 0 Å². The van der Waals surface area contributed by atoms with Gasteiger partial charge in [0, 0.05) is 56.4 Å². The van der Waals surface area contributed by atoms with Crippen molar-refractivity contribution in [3.63, 3.8) is 0 Å². The van der Waals surface area contributed by atoms with Crippen LogP contribution in [0.15, 0.2) is 24.8 Å². The van der Waals surface area contributed by atoms with Gasteiger partial charge in [-0.2, -0.15) is 0 Å². The van der Waals surface area contributed by atoms with Crippen LogP contribution in [0.5, 0.6) is 5.75 Å². The fourth-order valence-electron chi connectivity index (χ4n) is 4.10. The van der Waals surface area contributed by atoms with Crippen molar-refractivity contribution >= 4 is 29.5 Å². The Balaban J connectivity index is 0.000000582. The van der Waals surface area contributed by atoms with Crippen LogP contribution in [0.1, 0.15) is 38.2 Å². The molecular weight excluding hydrogens is 440 g/mol. The molecule has 3 fully saturated rings. The summed E-state index contributed by atoms with van der Waals surface area (Å²) in [5.41, 5.74) is 2.01. The van der Waals surface area contributed by atoms with Gasteiger partial charge < -0.3 is 19.9 Å². The van der Waals surface area contributed by atoms with E-state index in [9.17, 15) is 4.79 Å². The van der Waals surface area contributed by atoms with Crippen LogP contribution < -0.4 is 10.1 Å². The molecule has 3 aliphatic rings. The number of carbonyl (C=O) groups excluding carboxylic acids is 2. The van der Waals surface area contributed by atoms with E-state index in [0.29, 0.717) is 24.0 Å². The van der Waals surface area contributed by atoms with Crippen LogP contribution in [-0.2, 0) is 9.59 Å². The van der Waals surface area contributed by atoms with Crippen LogP contribution in [0.3, 0.4) is 0 Å². The Morgan fingerprint density at radius 3 is 2.30 bits per heavy atom. The number of aldehydes is 1. The average molecular weight is 479 g/mol. The van der Waals surface area contributed by atoms with Gasteiger partial charge in [0.1, 0.15) is 12.0 Å². The molecule has 4 rings (SSSR count). The van der Waals surface area contributed by atoms with Gasteiger partial charge in [-0.05, 0) is 43.5 Å². The number of hydrogen-bond acceptors (Lipinski definition) is 6. The Morgan fingerprint density at radius 1 is 1.21 bits per heavy atom. The lowest BCUT2D eigenvalue weighted by Crippen LogP contribution is -2.62. The normalized spacial score (nSPS) is 18.6. The first-order valence-corrected chi connectivity index (χ1v) is 12.2. The van der Waals surface area contributed by atoms with Crippen molar-refractivity contribution in [1.29, 1.82) is 0 Å². The number of nitrogens with zero attached hydrogens (tertiary/aromatic N) is 3. The van der Waals surface area contributed by atoms with E-state index >= 15 is 0 Å². The summed E-state index contributed by atoms with van der Waals surface area (Å²) in [5, 5.41) is 4.03. The van der Waals surface area contributed by atoms with Crippen LogP contribution in [0.2, 0.25) is 5.02 Å². The number of likely N-dealkylation sites (tertiary alicyclic amines) is 1. The lowest BCUT2D eigenvalue weighted by atomic mass is 10.1. The highest BCUT2D eigenvalue weighted by molar-refractivity contribution is 6.31. The van der Waals surface area contributed by atoms with E-state index in [0.717, 1.165) is 55.5 Å². The minimum Gasteiger partial charge on any atom is -0.495 e. The summed E-state index contributed by atoms with van der Waals surface area (Å²) >= 11 is 6.37. The molecular formula is C25H39ClN4O3. The summed E-state index contributed by atoms with van der Waals surface area (Å²) in [6, 6.07) is 4.58. The van der Waals surface area contributed by atoms with Gasteiger partial charge in [-0.25, -0.2) is 0 Å². The molecule has 2 heterocycles. The van der Waals surface area contributed by atoms with Crippen molar-refractivity contribution in [2.45, 2.75) is 38.6 Å². The average Bonchev–Trinajstić information content (AvgIpc) is 3.67. The van der Waals surface area contributed by atoms with E-state index in [1.807, 2.05) is 24.8 Å². The van der Waals surface area contributed by atoms with Crippen molar-refractivity contribution < 1.29 is 14.3 Å². The molecule has 7 nitrogen and oxygen atoms in total. The molecule has 1 saturated carbocycles. The molecule has 1 aromatic carbocycles. The number of allylic oxidation sites excluding steroid dienone is 1. The molecule has 0 spiro atoms. The van der Waals surface area contributed by atoms with Crippen LogP contribution in [0, 0.1) is 0 Å². The van der Waals surface area contributed by atoms with E-state index < -0.39 is 0 Å². The molecule has 0 unspecified atom stereocenters. The Labute approximate surface area is 203 Å². The van der Waals surface area contributed by atoms with E-state index in [4.69, 9.17) is 21.1 Å². The third kappa shape index (κ3) is 7.73. The summed E-state index contributed by atoms with van der Waals surface area (Å²) < 4.78 is 5.44. The Hall–Kier alpha value is -2.09. The van der Waals surface area contributed by atoms with E-state index in [1.54, 1.807) is 7.11 Å². The number of ether oxygens (including phenoxy) is 1. The number of benzene rings is 1. The first kappa shape index (κ1) is 27.2. The minimum absolute atomic E-state index is 0.144. The predicted molar refractivity (Wildman–Crippen MR) is 136 cm³/mol. The summed E-state index contributed by atoms with van der Waals surface area (Å²) in [4.78, 5) is 28.5. The number of amides is 1. The van der Waals surface area contributed by atoms with Crippen LogP contribution >= 0.6 is 11.6 Å². The molecule has 2 saturated heterocycles. The SMILES string of the molecule is C=CC=O.CC.COc1cc(Cl)c(C2CC2)cc1NCC(=O)N1CCN(C2CN(C)C2)CC1. The predicted octanol–water partition coefficient (Wildman–Crippen LogP) is 3.49. The molecule has 1 amide bonds. The molecule has 1 aliphatic carbocycles. The largest absolute Gasteiger partial charge is 0.495 e. The highest BCUT2D eigenvalue weighted by atomic mass is 35.5. The first-order valence-electron chi connectivity index (χ1n) is 11.8. The molecule has 184 valence electrons. The zero-order valence-electron chi connectivity index (χ0n) is 20.5. The standard InChI is InChI=1S/C20H29ClN4O2.C3H4O.C2H6/c1-23-12-15(13-23)24-5-7-25(8-6-24)20(26)11-22-18-9-16(14-3-4-14)17(21)10-19(18)27-2;1-2-3-4;1-2/h9-10,14-15,22H,3-8,11-13H2,1-2H3;2-3H,1H2;1-2H3. The lowest BCUT2D eigenvalue weighted by molar-refractivity contribution is -0.131. The Morgan fingerprint density at radius 2 is 1.82 bits per heavy atom. The second-order valence-corrected chi connectivity index (χ2v) is 8.77. The Kier molecular flexibility index (Phi) is 11.2. The summed E-state index contributed by atoms with van der Waals surface area (Å²) in [6.07, 6.45) is 4.21. The van der Waals surface area contributed by atoms with Gasteiger partial charge in [0.05, 0.1) is 19.3 Å². The fourth-order valence-corrected chi connectivity index (χ4v) is 4.41. The number of rotatable bonds is 7. The molecule has 8 heteroatoms. The molecule has 0 atom stereocenters. The maximum atomic E-state index is 12.7. The molecule has 2 aliphatic heterocycles. The van der Waals surface area contributed by atoms with Crippen LogP contribution in [0.4, 0.5) is 5.69 Å². The number of piperazine rings is 1. The second kappa shape index (κ2) is 13.6. The van der Waals surface area contributed by atoms with E-state index in [-0.39, 0.29) is 12.5 Å². The van der Waals surface area contributed by atoms with E-state index in [1.165, 1.54) is 18.9 Å². The topological polar surface area (TPSA) is 65.1 Å². The second-order valence-electron chi connectivity index (χ2n) is 8.37. The number of anilines is 1. The molecule has 0 aromatic heterocycles. The maximum absolute atomic E-state index is 12.7. The molecule has 0 radical (unpaired) electrons. The van der Waals surface area contributed by atoms with Crippen molar-refractivity contribution in [1.82, 2.24) is 14.7 Å². The summed E-state index contributed by atoms with van der Waals surface area (Å²) in [5.74, 6) is 1.39. The monoisotopic (exact) mass is 478 g/mol. The highest BCUT2D eigenvalue weighted by Gasteiger charge is 2.32. The summed E-state index contributed by atoms with van der Waals surface area (Å²) in [6.45, 7) is 13.3. The van der Waals surface area contributed by atoms with Gasteiger partial charge >= 0.3 is 0 Å². The quantitative estimate of drug-likeness (QED) is 0.478. The number of carbonyl (C=O) groups is 2. The molecule has 1 aromatic rings. The number of hydrogen-bond donors (Lipinski definition) is 1. The fraction of sp³-hybridized carbons (Fsp3) is 0.600. The lowest BCUT2D eigenvalue weighted by Gasteiger charge is -2.46. The number of halogens is 1. The third-order valence-corrected chi connectivity index (χ3v) is 6.42. The van der Waals surface area contributed by atoms with Crippen LogP contribution in [-0.4, -0.2) is 92.9 Å². The smallest absolute Gasteiger partial charge is 0.241 e. The zero-order chi connectivity index (χ0) is 24.4. The molecule has 0 bridgehead atoms. The van der Waals surface area contributed by atoms with Crippen molar-refractivity contribution in [3.05, 3.63) is 35.4 Å². The zero-order valence-corrected chi connectivity index (χ0v) is 21.2. The summed E-state index contributed by atoms with van der Waals surface area (Å²) in [7, 11) is 3.79. The van der Waals surface area contributed by atoms with Crippen LogP contribution in [0.25, 0.3) is 0 Å². The minimum atomic E-state index is 0.144. The van der Waals surface area contributed by atoms with Crippen molar-refractivity contribution in [3.8, 4) is 5.75 Å². The van der Waals surface area contributed by atoms with Gasteiger partial charge in [0.2, 0.25) is 5.91 Å². The highest BCUT2D eigenvalue weighted by Crippen LogP contribution is 2.46. The van der Waals surface area contributed by atoms with Gasteiger partial charge in [-0.3, -0.25) is 14.5 Å². The van der Waals surface area contributed by atoms with Gasteiger partial charge in [-0.1, -0.05) is 32.0 Å². The molecule has 33 heavy (non-hydrogen) atoms. The van der Waals surface area contributed by atoms with Gasteiger partial charge in [0.25, 0.3) is 0 Å². The van der Waals surface area contributed by atoms with Crippen molar-refractivity contribution in [2.24, 2.45) is 0 Å². The molecule has 1 N–H and O–H groups in total. The van der Waals surface area contributed by atoms with Crippen molar-refractivity contribution in [2.75, 3.05) is 65.3 Å². The number of nitrogens with one attached hydrogen (secondary N) is 1. The third-order valence-electron chi connectivity index (χ3n) is 6.09. The number of methoxy groups -OCH3 is 1.